The molecule has 0 amide bonds. The Hall–Kier alpha value is -2.49. The predicted molar refractivity (Wildman–Crippen MR) is 85.9 cm³/mol. The van der Waals surface area contributed by atoms with Gasteiger partial charge in [0, 0.05) is 6.07 Å². The van der Waals surface area contributed by atoms with Gasteiger partial charge < -0.3 is 10.5 Å². The summed E-state index contributed by atoms with van der Waals surface area (Å²) in [7, 11) is 0. The van der Waals surface area contributed by atoms with E-state index in [-0.39, 0.29) is 6.10 Å². The summed E-state index contributed by atoms with van der Waals surface area (Å²) < 4.78 is 7.82. The maximum atomic E-state index is 6.07. The number of hydrogen-bond acceptors (Lipinski definition) is 3. The molecule has 0 bridgehead atoms. The van der Waals surface area contributed by atoms with Crippen molar-refractivity contribution in [1.29, 1.82) is 0 Å². The fourth-order valence-corrected chi connectivity index (χ4v) is 2.33. The number of nitrogens with two attached hydrogens (primary N) is 1. The van der Waals surface area contributed by atoms with Gasteiger partial charge in [0.2, 0.25) is 5.95 Å². The van der Waals surface area contributed by atoms with Gasteiger partial charge >= 0.3 is 0 Å². The largest absolute Gasteiger partial charge is 0.491 e. The van der Waals surface area contributed by atoms with Crippen molar-refractivity contribution in [3.8, 4) is 11.4 Å². The van der Waals surface area contributed by atoms with Crippen LogP contribution in [0.1, 0.15) is 20.3 Å². The van der Waals surface area contributed by atoms with Crippen molar-refractivity contribution in [2.24, 2.45) is 0 Å². The van der Waals surface area contributed by atoms with Gasteiger partial charge in [-0.3, -0.25) is 4.57 Å². The predicted octanol–water partition coefficient (Wildman–Crippen LogP) is 3.79. The second-order valence-electron chi connectivity index (χ2n) is 5.13. The van der Waals surface area contributed by atoms with E-state index in [4.69, 9.17) is 10.5 Å². The summed E-state index contributed by atoms with van der Waals surface area (Å²) in [5, 5.41) is 0. The quantitative estimate of drug-likeness (QED) is 0.791. The molecular weight excluding hydrogens is 262 g/mol. The van der Waals surface area contributed by atoms with Crippen LogP contribution in [0.4, 0.5) is 5.95 Å². The minimum atomic E-state index is 0.192. The van der Waals surface area contributed by atoms with Crippen LogP contribution in [0.5, 0.6) is 5.75 Å². The molecule has 0 aliphatic rings. The molecular formula is C17H19N3O. The van der Waals surface area contributed by atoms with Crippen molar-refractivity contribution in [2.75, 3.05) is 5.73 Å². The SMILES string of the molecule is CCC(C)Oc1cccc(-n2c(N)nc3ccccc32)c1. The van der Waals surface area contributed by atoms with E-state index in [1.54, 1.807) is 0 Å². The highest BCUT2D eigenvalue weighted by molar-refractivity contribution is 5.80. The van der Waals surface area contributed by atoms with E-state index in [0.29, 0.717) is 5.95 Å². The van der Waals surface area contributed by atoms with Gasteiger partial charge in [-0.2, -0.15) is 0 Å². The lowest BCUT2D eigenvalue weighted by Gasteiger charge is -2.14. The number of aromatic nitrogens is 2. The number of nitrogens with zero attached hydrogens (tertiary/aromatic N) is 2. The van der Waals surface area contributed by atoms with E-state index in [2.05, 4.69) is 18.8 Å². The molecule has 0 saturated carbocycles. The van der Waals surface area contributed by atoms with Gasteiger partial charge in [-0.1, -0.05) is 25.1 Å². The summed E-state index contributed by atoms with van der Waals surface area (Å²) >= 11 is 0. The third-order valence-corrected chi connectivity index (χ3v) is 3.57. The molecule has 4 heteroatoms. The molecule has 3 rings (SSSR count). The fourth-order valence-electron chi connectivity index (χ4n) is 2.33. The third kappa shape index (κ3) is 2.57. The summed E-state index contributed by atoms with van der Waals surface area (Å²) in [6, 6.07) is 15.9. The Kier molecular flexibility index (Phi) is 3.52. The molecule has 4 nitrogen and oxygen atoms in total. The number of benzene rings is 2. The first kappa shape index (κ1) is 13.5. The van der Waals surface area contributed by atoms with E-state index in [9.17, 15) is 0 Å². The first-order chi connectivity index (χ1) is 10.2. The molecule has 1 atom stereocenters. The molecule has 3 aromatic rings. The maximum absolute atomic E-state index is 6.07. The number of fused-ring (bicyclic) bond motifs is 1. The molecule has 0 saturated heterocycles. The molecule has 108 valence electrons. The van der Waals surface area contributed by atoms with Gasteiger partial charge in [-0.15, -0.1) is 0 Å². The number of hydrogen-bond donors (Lipinski definition) is 1. The number of ether oxygens (including phenoxy) is 1. The Bertz CT molecular complexity index is 764. The Morgan fingerprint density at radius 3 is 2.81 bits per heavy atom. The summed E-state index contributed by atoms with van der Waals surface area (Å²) in [5.41, 5.74) is 8.92. The highest BCUT2D eigenvalue weighted by Gasteiger charge is 2.10. The van der Waals surface area contributed by atoms with Gasteiger partial charge in [0.1, 0.15) is 5.75 Å². The Morgan fingerprint density at radius 1 is 1.19 bits per heavy atom. The molecule has 0 radical (unpaired) electrons. The molecule has 21 heavy (non-hydrogen) atoms. The van der Waals surface area contributed by atoms with Gasteiger partial charge in [-0.05, 0) is 37.6 Å². The van der Waals surface area contributed by atoms with E-state index >= 15 is 0 Å². The van der Waals surface area contributed by atoms with Crippen LogP contribution in [-0.2, 0) is 0 Å². The molecule has 0 aliphatic carbocycles. The molecule has 0 aliphatic heterocycles. The first-order valence-corrected chi connectivity index (χ1v) is 7.19. The van der Waals surface area contributed by atoms with Crippen LogP contribution in [0.2, 0.25) is 0 Å². The van der Waals surface area contributed by atoms with E-state index < -0.39 is 0 Å². The Balaban J connectivity index is 2.06. The zero-order valence-corrected chi connectivity index (χ0v) is 12.3. The van der Waals surface area contributed by atoms with Gasteiger partial charge in [0.15, 0.2) is 0 Å². The molecule has 1 heterocycles. The van der Waals surface area contributed by atoms with Crippen LogP contribution in [0.15, 0.2) is 48.5 Å². The number of anilines is 1. The molecule has 2 aromatic carbocycles. The van der Waals surface area contributed by atoms with Crippen LogP contribution in [0, 0.1) is 0 Å². The lowest BCUT2D eigenvalue weighted by atomic mass is 10.2. The van der Waals surface area contributed by atoms with Crippen LogP contribution in [0.25, 0.3) is 16.7 Å². The van der Waals surface area contributed by atoms with Crippen LogP contribution < -0.4 is 10.5 Å². The summed E-state index contributed by atoms with van der Waals surface area (Å²) in [6.45, 7) is 4.17. The van der Waals surface area contributed by atoms with E-state index in [0.717, 1.165) is 28.9 Å². The third-order valence-electron chi connectivity index (χ3n) is 3.57. The zero-order chi connectivity index (χ0) is 14.8. The van der Waals surface area contributed by atoms with Gasteiger partial charge in [-0.25, -0.2) is 4.98 Å². The van der Waals surface area contributed by atoms with Crippen molar-refractivity contribution in [3.63, 3.8) is 0 Å². The van der Waals surface area contributed by atoms with Crippen molar-refractivity contribution >= 4 is 17.0 Å². The topological polar surface area (TPSA) is 53.1 Å². The average molecular weight is 281 g/mol. The average Bonchev–Trinajstić information content (AvgIpc) is 2.83. The van der Waals surface area contributed by atoms with Crippen molar-refractivity contribution in [3.05, 3.63) is 48.5 Å². The van der Waals surface area contributed by atoms with E-state index in [1.165, 1.54) is 0 Å². The highest BCUT2D eigenvalue weighted by atomic mass is 16.5. The molecule has 1 aromatic heterocycles. The first-order valence-electron chi connectivity index (χ1n) is 7.19. The molecule has 0 fully saturated rings. The second kappa shape index (κ2) is 5.48. The summed E-state index contributed by atoms with van der Waals surface area (Å²) in [5.74, 6) is 1.33. The number of para-hydroxylation sites is 2. The van der Waals surface area contributed by atoms with Crippen molar-refractivity contribution < 1.29 is 4.74 Å². The van der Waals surface area contributed by atoms with E-state index in [1.807, 2.05) is 53.1 Å². The van der Waals surface area contributed by atoms with Crippen LogP contribution >= 0.6 is 0 Å². The normalized spacial score (nSPS) is 12.5. The lowest BCUT2D eigenvalue weighted by molar-refractivity contribution is 0.217. The highest BCUT2D eigenvalue weighted by Crippen LogP contribution is 2.25. The number of imidazole rings is 1. The fraction of sp³-hybridized carbons (Fsp3) is 0.235. The van der Waals surface area contributed by atoms with Gasteiger partial charge in [0.25, 0.3) is 0 Å². The maximum Gasteiger partial charge on any atom is 0.205 e. The Labute approximate surface area is 124 Å². The van der Waals surface area contributed by atoms with Crippen molar-refractivity contribution in [1.82, 2.24) is 9.55 Å². The number of rotatable bonds is 4. The lowest BCUT2D eigenvalue weighted by Crippen LogP contribution is -2.10. The zero-order valence-electron chi connectivity index (χ0n) is 12.3. The second-order valence-corrected chi connectivity index (χ2v) is 5.13. The summed E-state index contributed by atoms with van der Waals surface area (Å²) in [6.07, 6.45) is 1.16. The Morgan fingerprint density at radius 2 is 2.00 bits per heavy atom. The minimum Gasteiger partial charge on any atom is -0.491 e. The number of nitrogen functional groups attached to an aromatic ring is 1. The molecule has 1 unspecified atom stereocenters. The summed E-state index contributed by atoms with van der Waals surface area (Å²) in [4.78, 5) is 4.40. The standard InChI is InChI=1S/C17H19N3O/c1-3-12(2)21-14-8-6-7-13(11-14)20-16-10-5-4-9-15(16)19-17(20)18/h4-12H,3H2,1-2H3,(H2,18,19). The minimum absolute atomic E-state index is 0.192. The van der Waals surface area contributed by atoms with Crippen LogP contribution in [-0.4, -0.2) is 15.7 Å². The van der Waals surface area contributed by atoms with Crippen LogP contribution in [0.3, 0.4) is 0 Å². The molecule has 0 spiro atoms. The van der Waals surface area contributed by atoms with Gasteiger partial charge in [0.05, 0.1) is 22.8 Å². The monoisotopic (exact) mass is 281 g/mol. The molecule has 2 N–H and O–H groups in total. The smallest absolute Gasteiger partial charge is 0.205 e. The van der Waals surface area contributed by atoms with Crippen molar-refractivity contribution in [2.45, 2.75) is 26.4 Å².